The summed E-state index contributed by atoms with van der Waals surface area (Å²) in [5.74, 6) is 2.51. The van der Waals surface area contributed by atoms with Crippen molar-refractivity contribution in [3.63, 3.8) is 0 Å². The molecule has 67 heavy (non-hydrogen) atoms. The van der Waals surface area contributed by atoms with Crippen molar-refractivity contribution in [2.24, 2.45) is 10.8 Å². The molecule has 4 aromatic carbocycles. The van der Waals surface area contributed by atoms with Crippen LogP contribution in [0.4, 0.5) is 5.69 Å². The molecule has 0 radical (unpaired) electrons. The fourth-order valence-electron chi connectivity index (χ4n) is 14.2. The van der Waals surface area contributed by atoms with Gasteiger partial charge in [0.1, 0.15) is 11.5 Å². The number of hydrogen-bond donors (Lipinski definition) is 2. The predicted molar refractivity (Wildman–Crippen MR) is 286 cm³/mol. The molecule has 13 rings (SSSR count). The number of para-hydroxylation sites is 2. The number of nitrogens with zero attached hydrogens (tertiary/aromatic N) is 3. The van der Waals surface area contributed by atoms with Gasteiger partial charge in [0.25, 0.3) is 0 Å². The second kappa shape index (κ2) is 19.8. The average Bonchev–Trinajstić information content (AvgIpc) is 3.89. The number of anilines is 1. The Kier molecular flexibility index (Phi) is 15.0. The molecule has 8 nitrogen and oxygen atoms in total. The summed E-state index contributed by atoms with van der Waals surface area (Å²) in [5, 5.41) is 9.88. The minimum atomic E-state index is -0.238. The van der Waals surface area contributed by atoms with E-state index in [1.165, 1.54) is 50.0 Å². The topological polar surface area (TPSA) is 101 Å². The van der Waals surface area contributed by atoms with Gasteiger partial charge in [-0.3, -0.25) is 4.79 Å². The molecule has 5 aromatic rings. The fourth-order valence-corrected chi connectivity index (χ4v) is 14.2. The Morgan fingerprint density at radius 1 is 0.746 bits per heavy atom. The van der Waals surface area contributed by atoms with Crippen molar-refractivity contribution in [3.05, 3.63) is 129 Å². The first-order valence-corrected chi connectivity index (χ1v) is 33.6. The van der Waals surface area contributed by atoms with Crippen molar-refractivity contribution in [1.29, 1.82) is 0 Å². The molecular weight excluding hydrogens is 1100 g/mol. The molecule has 1 aromatic heterocycles. The van der Waals surface area contributed by atoms with Crippen molar-refractivity contribution < 1.29 is 28.8 Å². The number of likely N-dealkylation sites (tertiary alicyclic amines) is 2. The molecule has 2 spiro atoms. The Hall–Kier alpha value is -2.72. The van der Waals surface area contributed by atoms with Gasteiger partial charge >= 0.3 is 49.4 Å². The summed E-state index contributed by atoms with van der Waals surface area (Å²) >= 11 is 4.74. The summed E-state index contributed by atoms with van der Waals surface area (Å²) < 4.78 is 13.3. The van der Waals surface area contributed by atoms with E-state index in [0.29, 0.717) is 39.4 Å². The number of rotatable bonds is 1. The number of benzene rings is 4. The summed E-state index contributed by atoms with van der Waals surface area (Å²) in [6, 6.07) is 28.3. The van der Waals surface area contributed by atoms with Gasteiger partial charge < -0.3 is 30.1 Å². The van der Waals surface area contributed by atoms with Gasteiger partial charge in [-0.2, -0.15) is 0 Å². The van der Waals surface area contributed by atoms with Crippen LogP contribution in [0.15, 0.2) is 78.9 Å². The summed E-state index contributed by atoms with van der Waals surface area (Å²) in [4.78, 5) is 23.1. The molecule has 357 valence electrons. The van der Waals surface area contributed by atoms with Crippen LogP contribution in [-0.2, 0) is 51.0 Å². The zero-order valence-electron chi connectivity index (χ0n) is 41.2. The van der Waals surface area contributed by atoms with Gasteiger partial charge in [-0.25, -0.2) is 4.98 Å². The molecule has 2 saturated heterocycles. The molecule has 0 amide bonds. The van der Waals surface area contributed by atoms with Gasteiger partial charge in [0.2, 0.25) is 0 Å². The number of aryl methyl sites for hydroxylation is 2. The number of Topliss-reactive ketones (excluding diaryl/α,β-unsaturated/α-hetero) is 1. The zero-order chi connectivity index (χ0) is 48.2. The normalized spacial score (nSPS) is 30.1. The van der Waals surface area contributed by atoms with Crippen molar-refractivity contribution >= 4 is 62.3 Å². The van der Waals surface area contributed by atoms with Crippen LogP contribution in [0.1, 0.15) is 124 Å². The van der Waals surface area contributed by atoms with E-state index in [2.05, 4.69) is 146 Å². The van der Waals surface area contributed by atoms with Gasteiger partial charge in [0.05, 0.1) is 28.6 Å². The number of ketones is 1. The molecular formula is C56H70I2N4O4V. The monoisotopic (exact) mass is 1170 g/mol. The first-order valence-electron chi connectivity index (χ1n) is 24.6. The van der Waals surface area contributed by atoms with Gasteiger partial charge in [0.15, 0.2) is 18.0 Å². The van der Waals surface area contributed by atoms with Crippen LogP contribution >= 0.6 is 40.0 Å². The van der Waals surface area contributed by atoms with Crippen LogP contribution in [0.25, 0.3) is 10.9 Å². The van der Waals surface area contributed by atoms with Crippen LogP contribution < -0.4 is 15.2 Å². The van der Waals surface area contributed by atoms with Crippen molar-refractivity contribution in [3.8, 4) is 11.5 Å². The number of aliphatic hydroxyl groups excluding tert-OH is 1. The summed E-state index contributed by atoms with van der Waals surface area (Å²) in [5.41, 5.74) is 19.2. The SMILES string of the molecule is CC.CC.Cc1ccc2c3c1O[C@H]1C(=O)CC[C@@]4(C)[C@@H](C2)N(C)CC[C@]314.Cc1ccc2c3c1O[C@H]1c4nc5ccccc5cc4C[C@@]4(C)[C@@H](C2)N(C)CC[C@]314.Nc1ccccc1CO.[I][V][I]. The van der Waals surface area contributed by atoms with Crippen LogP contribution in [0, 0.1) is 24.7 Å². The molecule has 3 N–H and O–H groups in total. The van der Waals surface area contributed by atoms with E-state index in [1.54, 1.807) is 12.1 Å². The van der Waals surface area contributed by atoms with E-state index >= 15 is 0 Å². The van der Waals surface area contributed by atoms with Crippen molar-refractivity contribution in [2.45, 2.75) is 142 Å². The Morgan fingerprint density at radius 2 is 1.27 bits per heavy atom. The molecule has 5 heterocycles. The average molecular weight is 1170 g/mol. The number of likely N-dealkylation sites (N-methyl/N-ethyl adjacent to an activating group) is 2. The molecule has 8 aliphatic rings. The quantitative estimate of drug-likeness (QED) is 0.126. The number of aromatic nitrogens is 1. The third-order valence-corrected chi connectivity index (χ3v) is 17.3. The van der Waals surface area contributed by atoms with Gasteiger partial charge in [-0.1, -0.05) is 102 Å². The predicted octanol–water partition coefficient (Wildman–Crippen LogP) is 11.9. The number of ether oxygens (including phenoxy) is 2. The fraction of sp³-hybridized carbons (Fsp3) is 0.500. The van der Waals surface area contributed by atoms with Crippen LogP contribution in [0.5, 0.6) is 11.5 Å². The standard InChI is InChI=1S/C26H26N2O.C19H23NO2.C7H9NO.2C2H6.2HI.V/c1-15-8-9-17-13-20-25(2)14-18-12-16-6-4-5-7-19(16)27-22(18)24-26(25,10-11-28(20)3)21(17)23(15)29-24;1-11-4-5-12-10-14-18(2)7-6-13(21)17-19(18,8-9-20(14)3)15(12)16(11)22-17;8-7-4-2-1-3-6(7)5-9;2*1-2;;;/h4-9,12,20,24H,10-11,13-14H2,1-3H3;4-5,14,17H,6-10H2,1-3H3;1-4,9H,5,8H2;2*1-2H3;2*1H;/q;;;;;;;+2/p-2/t20-,24+,25+,26+;14-,17+,18+,19+;;;;;;/m11....../s1. The number of fused-ring (bicyclic) bond motifs is 3. The number of pyridine rings is 1. The van der Waals surface area contributed by atoms with E-state index in [9.17, 15) is 4.79 Å². The van der Waals surface area contributed by atoms with Crippen molar-refractivity contribution in [1.82, 2.24) is 14.8 Å². The molecule has 1 saturated carbocycles. The third kappa shape index (κ3) is 7.65. The molecule has 4 bridgehead atoms. The molecule has 0 unspecified atom stereocenters. The first kappa shape index (κ1) is 50.7. The number of halogens is 2. The Labute approximate surface area is 428 Å². The number of carbonyl (C=O) groups excluding carboxylic acids is 1. The summed E-state index contributed by atoms with van der Waals surface area (Å²) in [6.07, 6.45) is 7.00. The first-order chi connectivity index (χ1) is 32.3. The second-order valence-electron chi connectivity index (χ2n) is 20.0. The van der Waals surface area contributed by atoms with E-state index in [1.807, 2.05) is 39.8 Å². The Balaban J connectivity index is 0.000000141. The molecule has 3 fully saturated rings. The van der Waals surface area contributed by atoms with Gasteiger partial charge in [-0.05, 0) is 131 Å². The van der Waals surface area contributed by atoms with E-state index in [-0.39, 0.29) is 40.5 Å². The van der Waals surface area contributed by atoms with Crippen LogP contribution in [0.2, 0.25) is 0 Å². The van der Waals surface area contributed by atoms with Crippen molar-refractivity contribution in [2.75, 3.05) is 32.9 Å². The third-order valence-electron chi connectivity index (χ3n) is 17.3. The van der Waals surface area contributed by atoms with Gasteiger partial charge in [-0.15, -0.1) is 0 Å². The minimum absolute atomic E-state index is 0.0205. The second-order valence-corrected chi connectivity index (χ2v) is 31.7. The molecule has 11 heteroatoms. The summed E-state index contributed by atoms with van der Waals surface area (Å²) in [7, 11) is 5.20. The van der Waals surface area contributed by atoms with Crippen LogP contribution in [0.3, 0.4) is 0 Å². The molecule has 4 aliphatic heterocycles. The van der Waals surface area contributed by atoms with Crippen LogP contribution in [-0.4, -0.2) is 71.0 Å². The molecule has 4 aliphatic carbocycles. The number of nitrogens with two attached hydrogens (primary N) is 1. The Morgan fingerprint density at radius 3 is 1.84 bits per heavy atom. The summed E-state index contributed by atoms with van der Waals surface area (Å²) in [6.45, 7) is 19.5. The number of hydrogen-bond acceptors (Lipinski definition) is 8. The molecule has 8 atom stereocenters. The maximum atomic E-state index is 12.7. The van der Waals surface area contributed by atoms with E-state index < -0.39 is 0 Å². The van der Waals surface area contributed by atoms with E-state index in [0.717, 1.165) is 74.2 Å². The maximum absolute atomic E-state index is 12.7. The Bertz CT molecular complexity index is 2660. The zero-order valence-corrected chi connectivity index (χ0v) is 46.9. The number of nitrogen functional groups attached to an aromatic ring is 1. The number of carbonyl (C=O) groups is 1. The number of aliphatic hydroxyl groups is 1. The van der Waals surface area contributed by atoms with Gasteiger partial charge in [0, 0.05) is 51.7 Å². The number of piperidine rings is 2. The van der Waals surface area contributed by atoms with E-state index in [4.69, 9.17) is 25.3 Å².